The zero-order valence-corrected chi connectivity index (χ0v) is 18.1. The van der Waals surface area contributed by atoms with Crippen molar-refractivity contribution in [2.24, 2.45) is 5.92 Å². The molecule has 1 aliphatic rings. The standard InChI is InChI=1S/C24H26N2O3S/c1-16(2)24(17-8-9-20-21(14-17)29-13-5-12-28-20)26-23(27)15-30-22-10-11-25-19-7-4-3-6-18(19)22/h3-4,6-11,14,16,24H,5,12-13,15H2,1-2H3,(H,26,27). The second kappa shape index (κ2) is 9.39. The number of benzene rings is 2. The highest BCUT2D eigenvalue weighted by Gasteiger charge is 2.21. The quantitative estimate of drug-likeness (QED) is 0.567. The van der Waals surface area contributed by atoms with E-state index in [9.17, 15) is 4.79 Å². The number of carbonyl (C=O) groups is 1. The molecule has 30 heavy (non-hydrogen) atoms. The third-order valence-electron chi connectivity index (χ3n) is 5.08. The lowest BCUT2D eigenvalue weighted by Gasteiger charge is -2.24. The largest absolute Gasteiger partial charge is 0.490 e. The summed E-state index contributed by atoms with van der Waals surface area (Å²) in [4.78, 5) is 18.2. The van der Waals surface area contributed by atoms with Crippen LogP contribution in [0.5, 0.6) is 11.5 Å². The molecule has 1 unspecified atom stereocenters. The number of pyridine rings is 1. The van der Waals surface area contributed by atoms with Crippen molar-refractivity contribution >= 4 is 28.6 Å². The fraction of sp³-hybridized carbons (Fsp3) is 0.333. The summed E-state index contributed by atoms with van der Waals surface area (Å²) < 4.78 is 11.5. The molecular weight excluding hydrogens is 396 g/mol. The fourth-order valence-electron chi connectivity index (χ4n) is 3.56. The third kappa shape index (κ3) is 4.70. The van der Waals surface area contributed by atoms with Gasteiger partial charge in [-0.2, -0.15) is 0 Å². The van der Waals surface area contributed by atoms with Gasteiger partial charge in [0.2, 0.25) is 5.91 Å². The van der Waals surface area contributed by atoms with Crippen molar-refractivity contribution in [2.75, 3.05) is 19.0 Å². The van der Waals surface area contributed by atoms with Crippen LogP contribution in [0.3, 0.4) is 0 Å². The zero-order chi connectivity index (χ0) is 20.9. The molecular formula is C24H26N2O3S. The summed E-state index contributed by atoms with van der Waals surface area (Å²) in [6.07, 6.45) is 2.66. The summed E-state index contributed by atoms with van der Waals surface area (Å²) in [6.45, 7) is 5.53. The maximum atomic E-state index is 12.8. The monoisotopic (exact) mass is 422 g/mol. The number of ether oxygens (including phenoxy) is 2. The summed E-state index contributed by atoms with van der Waals surface area (Å²) in [6, 6.07) is 15.8. The van der Waals surface area contributed by atoms with Crippen LogP contribution in [0, 0.1) is 5.92 Å². The lowest BCUT2D eigenvalue weighted by molar-refractivity contribution is -0.119. The van der Waals surface area contributed by atoms with Crippen molar-refractivity contribution in [1.82, 2.24) is 10.3 Å². The number of amides is 1. The number of hydrogen-bond acceptors (Lipinski definition) is 5. The lowest BCUT2D eigenvalue weighted by Crippen LogP contribution is -2.33. The molecule has 0 saturated heterocycles. The molecule has 1 aliphatic heterocycles. The first-order valence-electron chi connectivity index (χ1n) is 10.3. The van der Waals surface area contributed by atoms with Gasteiger partial charge >= 0.3 is 0 Å². The van der Waals surface area contributed by atoms with E-state index >= 15 is 0 Å². The highest BCUT2D eigenvalue weighted by atomic mass is 32.2. The molecule has 0 radical (unpaired) electrons. The first-order valence-corrected chi connectivity index (χ1v) is 11.3. The van der Waals surface area contributed by atoms with Gasteiger partial charge in [-0.15, -0.1) is 11.8 Å². The van der Waals surface area contributed by atoms with Gasteiger partial charge in [-0.1, -0.05) is 38.1 Å². The molecule has 156 valence electrons. The predicted molar refractivity (Wildman–Crippen MR) is 120 cm³/mol. The maximum absolute atomic E-state index is 12.8. The molecule has 1 N–H and O–H groups in total. The van der Waals surface area contributed by atoms with Crippen LogP contribution in [-0.2, 0) is 4.79 Å². The third-order valence-corrected chi connectivity index (χ3v) is 6.16. The summed E-state index contributed by atoms with van der Waals surface area (Å²) in [7, 11) is 0. The van der Waals surface area contributed by atoms with E-state index in [1.165, 1.54) is 11.8 Å². The number of thioether (sulfide) groups is 1. The van der Waals surface area contributed by atoms with Crippen LogP contribution in [0.2, 0.25) is 0 Å². The van der Waals surface area contributed by atoms with Crippen molar-refractivity contribution in [3.05, 3.63) is 60.3 Å². The van der Waals surface area contributed by atoms with E-state index in [4.69, 9.17) is 9.47 Å². The van der Waals surface area contributed by atoms with Gasteiger partial charge < -0.3 is 14.8 Å². The smallest absolute Gasteiger partial charge is 0.230 e. The fourth-order valence-corrected chi connectivity index (χ4v) is 4.42. The summed E-state index contributed by atoms with van der Waals surface area (Å²) in [5.41, 5.74) is 1.97. The van der Waals surface area contributed by atoms with Crippen molar-refractivity contribution in [1.29, 1.82) is 0 Å². The number of fused-ring (bicyclic) bond motifs is 2. The van der Waals surface area contributed by atoms with E-state index in [1.54, 1.807) is 6.20 Å². The van der Waals surface area contributed by atoms with E-state index in [-0.39, 0.29) is 17.9 Å². The average molecular weight is 423 g/mol. The van der Waals surface area contributed by atoms with Gasteiger partial charge in [-0.25, -0.2) is 0 Å². The van der Waals surface area contributed by atoms with E-state index in [1.807, 2.05) is 48.5 Å². The van der Waals surface area contributed by atoms with Crippen LogP contribution in [0.4, 0.5) is 0 Å². The second-order valence-electron chi connectivity index (χ2n) is 7.66. The molecule has 4 rings (SSSR count). The molecule has 1 atom stereocenters. The van der Waals surface area contributed by atoms with Crippen LogP contribution in [0.1, 0.15) is 31.9 Å². The molecule has 0 fully saturated rings. The van der Waals surface area contributed by atoms with Gasteiger partial charge in [0.25, 0.3) is 0 Å². The molecule has 5 nitrogen and oxygen atoms in total. The van der Waals surface area contributed by atoms with Crippen LogP contribution in [-0.4, -0.2) is 29.9 Å². The van der Waals surface area contributed by atoms with Gasteiger partial charge in [0, 0.05) is 22.9 Å². The Bertz CT molecular complexity index is 1030. The normalized spacial score (nSPS) is 14.4. The Morgan fingerprint density at radius 1 is 1.10 bits per heavy atom. The Labute approximate surface area is 181 Å². The van der Waals surface area contributed by atoms with Gasteiger partial charge in [-0.3, -0.25) is 9.78 Å². The van der Waals surface area contributed by atoms with Crippen LogP contribution >= 0.6 is 11.8 Å². The summed E-state index contributed by atoms with van der Waals surface area (Å²) in [5.74, 6) is 2.12. The van der Waals surface area contributed by atoms with Crippen molar-refractivity contribution in [2.45, 2.75) is 31.2 Å². The minimum atomic E-state index is -0.0931. The number of hydrogen-bond donors (Lipinski definition) is 1. The second-order valence-corrected chi connectivity index (χ2v) is 8.68. The first kappa shape index (κ1) is 20.5. The number of nitrogens with one attached hydrogen (secondary N) is 1. The SMILES string of the molecule is CC(C)C(NC(=O)CSc1ccnc2ccccc12)c1ccc2c(c1)OCCCO2. The predicted octanol–water partition coefficient (Wildman–Crippen LogP) is 5.00. The molecule has 2 heterocycles. The molecule has 3 aromatic rings. The highest BCUT2D eigenvalue weighted by Crippen LogP contribution is 2.34. The topological polar surface area (TPSA) is 60.5 Å². The Kier molecular flexibility index (Phi) is 6.43. The molecule has 0 aliphatic carbocycles. The number of nitrogens with zero attached hydrogens (tertiary/aromatic N) is 1. The number of rotatable bonds is 6. The average Bonchev–Trinajstić information content (AvgIpc) is 3.00. The Morgan fingerprint density at radius 3 is 2.73 bits per heavy atom. The van der Waals surface area contributed by atoms with Crippen molar-refractivity contribution in [3.8, 4) is 11.5 Å². The molecule has 1 amide bonds. The van der Waals surface area contributed by atoms with E-state index in [2.05, 4.69) is 24.1 Å². The van der Waals surface area contributed by atoms with E-state index in [0.717, 1.165) is 39.3 Å². The molecule has 0 saturated carbocycles. The van der Waals surface area contributed by atoms with Gasteiger partial charge in [-0.05, 0) is 35.7 Å². The lowest BCUT2D eigenvalue weighted by atomic mass is 9.95. The van der Waals surface area contributed by atoms with E-state index in [0.29, 0.717) is 19.0 Å². The zero-order valence-electron chi connectivity index (χ0n) is 17.3. The number of para-hydroxylation sites is 1. The van der Waals surface area contributed by atoms with Crippen LogP contribution in [0.15, 0.2) is 59.6 Å². The minimum Gasteiger partial charge on any atom is -0.490 e. The van der Waals surface area contributed by atoms with Crippen molar-refractivity contribution in [3.63, 3.8) is 0 Å². The maximum Gasteiger partial charge on any atom is 0.230 e. The van der Waals surface area contributed by atoms with Gasteiger partial charge in [0.05, 0.1) is 30.5 Å². The highest BCUT2D eigenvalue weighted by molar-refractivity contribution is 8.00. The Balaban J connectivity index is 1.45. The summed E-state index contributed by atoms with van der Waals surface area (Å²) in [5, 5.41) is 4.27. The van der Waals surface area contributed by atoms with Crippen molar-refractivity contribution < 1.29 is 14.3 Å². The number of aromatic nitrogens is 1. The molecule has 6 heteroatoms. The van der Waals surface area contributed by atoms with Gasteiger partial charge in [0.15, 0.2) is 11.5 Å². The van der Waals surface area contributed by atoms with Crippen LogP contribution in [0.25, 0.3) is 10.9 Å². The van der Waals surface area contributed by atoms with E-state index < -0.39 is 0 Å². The molecule has 2 aromatic carbocycles. The van der Waals surface area contributed by atoms with Crippen LogP contribution < -0.4 is 14.8 Å². The minimum absolute atomic E-state index is 0.00621. The summed E-state index contributed by atoms with van der Waals surface area (Å²) >= 11 is 1.54. The Hall–Kier alpha value is -2.73. The molecule has 0 bridgehead atoms. The first-order chi connectivity index (χ1) is 14.6. The Morgan fingerprint density at radius 2 is 1.90 bits per heavy atom. The molecule has 1 aromatic heterocycles. The molecule has 0 spiro atoms. The number of carbonyl (C=O) groups excluding carboxylic acids is 1. The van der Waals surface area contributed by atoms with Gasteiger partial charge in [0.1, 0.15) is 0 Å².